The second kappa shape index (κ2) is 8.16. The minimum atomic E-state index is -3.83. The Kier molecular flexibility index (Phi) is 5.55. The van der Waals surface area contributed by atoms with Crippen LogP contribution in [0.25, 0.3) is 0 Å². The van der Waals surface area contributed by atoms with Gasteiger partial charge in [-0.3, -0.25) is 4.79 Å². The first-order valence-corrected chi connectivity index (χ1v) is 11.3. The Hall–Kier alpha value is -3.17. The third kappa shape index (κ3) is 3.94. The molecule has 0 fully saturated rings. The molecule has 2 aromatic rings. The van der Waals surface area contributed by atoms with E-state index >= 15 is 0 Å². The highest BCUT2D eigenvalue weighted by atomic mass is 32.2. The van der Waals surface area contributed by atoms with Crippen LogP contribution in [0.2, 0.25) is 0 Å². The van der Waals surface area contributed by atoms with Gasteiger partial charge in [0.1, 0.15) is 0 Å². The van der Waals surface area contributed by atoms with E-state index in [4.69, 9.17) is 19.7 Å². The van der Waals surface area contributed by atoms with Crippen molar-refractivity contribution in [3.63, 3.8) is 0 Å². The van der Waals surface area contributed by atoms with E-state index in [1.165, 1.54) is 29.3 Å². The fourth-order valence-electron chi connectivity index (χ4n) is 4.01. The molecule has 31 heavy (non-hydrogen) atoms. The van der Waals surface area contributed by atoms with E-state index < -0.39 is 10.0 Å². The number of hydrogen-bond donors (Lipinski definition) is 1. The number of hydrogen-bond acceptors (Lipinski definition) is 6. The quantitative estimate of drug-likeness (QED) is 0.717. The van der Waals surface area contributed by atoms with Gasteiger partial charge in [-0.25, -0.2) is 18.6 Å². The fourth-order valence-corrected chi connectivity index (χ4v) is 4.52. The smallest absolute Gasteiger partial charge is 0.251 e. The standard InChI is InChI=1S/C22H23N3O5S/c1-29-19-12-7-14(13-20(19)30-2)21-17-5-3-4-6-18(17)22(26)25(24-21)15-8-10-16(11-9-15)31(23,27)28/h3-4,7-13,17-18H,5-6H2,1-2H3,(H2,23,27,28)/t17-,18+/m0/s1. The van der Waals surface area contributed by atoms with Gasteiger partial charge in [-0.15, -0.1) is 0 Å². The molecule has 0 bridgehead atoms. The van der Waals surface area contributed by atoms with Crippen molar-refractivity contribution in [2.24, 2.45) is 22.1 Å². The van der Waals surface area contributed by atoms with Gasteiger partial charge in [0, 0.05) is 11.5 Å². The summed E-state index contributed by atoms with van der Waals surface area (Å²) in [6, 6.07) is 11.4. The summed E-state index contributed by atoms with van der Waals surface area (Å²) in [4.78, 5) is 13.2. The molecule has 0 aromatic heterocycles. The molecule has 0 saturated carbocycles. The first-order chi connectivity index (χ1) is 14.8. The van der Waals surface area contributed by atoms with E-state index in [1.54, 1.807) is 14.2 Å². The van der Waals surface area contributed by atoms with E-state index in [9.17, 15) is 13.2 Å². The average molecular weight is 442 g/mol. The van der Waals surface area contributed by atoms with E-state index in [-0.39, 0.29) is 22.6 Å². The minimum Gasteiger partial charge on any atom is -0.493 e. The largest absolute Gasteiger partial charge is 0.493 e. The molecule has 1 amide bonds. The number of ether oxygens (including phenoxy) is 2. The summed E-state index contributed by atoms with van der Waals surface area (Å²) in [5.74, 6) is 0.738. The Bertz CT molecular complexity index is 1170. The molecule has 2 N–H and O–H groups in total. The maximum absolute atomic E-state index is 13.2. The van der Waals surface area contributed by atoms with Crippen molar-refractivity contribution < 1.29 is 22.7 Å². The number of allylic oxidation sites excluding steroid dienone is 2. The summed E-state index contributed by atoms with van der Waals surface area (Å²) in [5, 5.41) is 11.2. The molecule has 0 spiro atoms. The van der Waals surface area contributed by atoms with Gasteiger partial charge >= 0.3 is 0 Å². The van der Waals surface area contributed by atoms with Crippen molar-refractivity contribution in [3.05, 3.63) is 60.2 Å². The third-order valence-electron chi connectivity index (χ3n) is 5.61. The SMILES string of the molecule is COc1ccc(C2=NN(c3ccc(S(N)(=O)=O)cc3)C(=O)[C@@H]3CC=CC[C@H]23)cc1OC. The molecular weight excluding hydrogens is 418 g/mol. The Labute approximate surface area is 181 Å². The maximum atomic E-state index is 13.2. The van der Waals surface area contributed by atoms with E-state index in [0.717, 1.165) is 11.3 Å². The number of nitrogens with zero attached hydrogens (tertiary/aromatic N) is 2. The summed E-state index contributed by atoms with van der Waals surface area (Å²) >= 11 is 0. The number of carbonyl (C=O) groups is 1. The monoisotopic (exact) mass is 441 g/mol. The molecule has 8 nitrogen and oxygen atoms in total. The lowest BCUT2D eigenvalue weighted by Crippen LogP contribution is -2.45. The fraction of sp³-hybridized carbons (Fsp3) is 0.273. The number of hydrazone groups is 1. The molecule has 1 aliphatic carbocycles. The molecule has 1 aliphatic heterocycles. The normalized spacial score (nSPS) is 20.8. The molecule has 0 radical (unpaired) electrons. The first kappa shape index (κ1) is 21.1. The lowest BCUT2D eigenvalue weighted by molar-refractivity contribution is -0.123. The van der Waals surface area contributed by atoms with Crippen molar-refractivity contribution in [2.75, 3.05) is 19.2 Å². The molecule has 0 unspecified atom stereocenters. The van der Waals surface area contributed by atoms with Crippen molar-refractivity contribution >= 4 is 27.3 Å². The Balaban J connectivity index is 1.80. The number of anilines is 1. The summed E-state index contributed by atoms with van der Waals surface area (Å²) in [6.07, 6.45) is 5.41. The van der Waals surface area contributed by atoms with Gasteiger partial charge in [-0.1, -0.05) is 12.2 Å². The van der Waals surface area contributed by atoms with Gasteiger partial charge in [0.2, 0.25) is 10.0 Å². The number of carbonyl (C=O) groups excluding carboxylic acids is 1. The highest BCUT2D eigenvalue weighted by Crippen LogP contribution is 2.38. The van der Waals surface area contributed by atoms with Crippen molar-refractivity contribution in [1.82, 2.24) is 0 Å². The Morgan fingerprint density at radius 2 is 1.61 bits per heavy atom. The van der Waals surface area contributed by atoms with Gasteiger partial charge in [-0.05, 0) is 55.3 Å². The maximum Gasteiger partial charge on any atom is 0.251 e. The van der Waals surface area contributed by atoms with Gasteiger partial charge in [0.25, 0.3) is 5.91 Å². The Morgan fingerprint density at radius 1 is 0.968 bits per heavy atom. The second-order valence-corrected chi connectivity index (χ2v) is 8.96. The molecule has 1 heterocycles. The predicted octanol–water partition coefficient (Wildman–Crippen LogP) is 2.68. The highest BCUT2D eigenvalue weighted by Gasteiger charge is 2.40. The number of amides is 1. The first-order valence-electron chi connectivity index (χ1n) is 9.76. The van der Waals surface area contributed by atoms with Crippen LogP contribution in [0.15, 0.2) is 64.6 Å². The number of fused-ring (bicyclic) bond motifs is 1. The zero-order valence-corrected chi connectivity index (χ0v) is 18.0. The number of benzene rings is 2. The van der Waals surface area contributed by atoms with Crippen LogP contribution < -0.4 is 19.6 Å². The summed E-state index contributed by atoms with van der Waals surface area (Å²) in [6.45, 7) is 0. The summed E-state index contributed by atoms with van der Waals surface area (Å²) in [7, 11) is -0.684. The number of primary sulfonamides is 1. The number of nitrogens with two attached hydrogens (primary N) is 1. The Morgan fingerprint density at radius 3 is 2.23 bits per heavy atom. The molecule has 4 rings (SSSR count). The molecular formula is C22H23N3O5S. The van der Waals surface area contributed by atoms with Crippen LogP contribution in [0.4, 0.5) is 5.69 Å². The van der Waals surface area contributed by atoms with Crippen molar-refractivity contribution in [2.45, 2.75) is 17.7 Å². The van der Waals surface area contributed by atoms with Crippen molar-refractivity contribution in [1.29, 1.82) is 0 Å². The topological polar surface area (TPSA) is 111 Å². The van der Waals surface area contributed by atoms with E-state index in [2.05, 4.69) is 6.08 Å². The lowest BCUT2D eigenvalue weighted by atomic mass is 9.76. The van der Waals surface area contributed by atoms with Crippen molar-refractivity contribution in [3.8, 4) is 11.5 Å². The second-order valence-electron chi connectivity index (χ2n) is 7.40. The highest BCUT2D eigenvalue weighted by molar-refractivity contribution is 7.89. The van der Waals surface area contributed by atoms with Gasteiger partial charge in [0.15, 0.2) is 11.5 Å². The lowest BCUT2D eigenvalue weighted by Gasteiger charge is -2.37. The van der Waals surface area contributed by atoms with Crippen LogP contribution >= 0.6 is 0 Å². The average Bonchev–Trinajstić information content (AvgIpc) is 2.78. The molecule has 0 saturated heterocycles. The van der Waals surface area contributed by atoms with Crippen LogP contribution in [-0.4, -0.2) is 34.3 Å². The van der Waals surface area contributed by atoms with Crippen LogP contribution in [0.1, 0.15) is 18.4 Å². The molecule has 9 heteroatoms. The van der Waals surface area contributed by atoms with Gasteiger partial charge in [0.05, 0.1) is 36.4 Å². The number of rotatable bonds is 5. The van der Waals surface area contributed by atoms with Gasteiger partial charge in [-0.2, -0.15) is 5.10 Å². The zero-order chi connectivity index (χ0) is 22.2. The number of methoxy groups -OCH3 is 2. The van der Waals surface area contributed by atoms with Crippen LogP contribution in [0, 0.1) is 11.8 Å². The summed E-state index contributed by atoms with van der Waals surface area (Å²) in [5.41, 5.74) is 2.08. The predicted molar refractivity (Wildman–Crippen MR) is 117 cm³/mol. The third-order valence-corrected chi connectivity index (χ3v) is 6.54. The van der Waals surface area contributed by atoms with Crippen LogP contribution in [0.3, 0.4) is 0 Å². The van der Waals surface area contributed by atoms with Gasteiger partial charge < -0.3 is 9.47 Å². The molecule has 2 aromatic carbocycles. The molecule has 162 valence electrons. The molecule has 2 atom stereocenters. The van der Waals surface area contributed by atoms with Crippen LogP contribution in [-0.2, 0) is 14.8 Å². The minimum absolute atomic E-state index is 0.0247. The van der Waals surface area contributed by atoms with E-state index in [1.807, 2.05) is 24.3 Å². The molecule has 2 aliphatic rings. The summed E-state index contributed by atoms with van der Waals surface area (Å²) < 4.78 is 33.9. The van der Waals surface area contributed by atoms with E-state index in [0.29, 0.717) is 30.0 Å². The van der Waals surface area contributed by atoms with Crippen LogP contribution in [0.5, 0.6) is 11.5 Å². The number of sulfonamides is 1. The zero-order valence-electron chi connectivity index (χ0n) is 17.2.